The molecular weight excluding hydrogens is 232 g/mol. The number of esters is 2. The van der Waals surface area contributed by atoms with Crippen LogP contribution < -0.4 is 0 Å². The van der Waals surface area contributed by atoms with Crippen molar-refractivity contribution in [1.82, 2.24) is 0 Å². The van der Waals surface area contributed by atoms with E-state index in [1.807, 2.05) is 13.0 Å². The van der Waals surface area contributed by atoms with Gasteiger partial charge in [-0.05, 0) is 39.0 Å². The molecule has 0 heterocycles. The zero-order valence-corrected chi connectivity index (χ0v) is 11.2. The van der Waals surface area contributed by atoms with Gasteiger partial charge < -0.3 is 9.47 Å². The van der Waals surface area contributed by atoms with Gasteiger partial charge in [0.2, 0.25) is 0 Å². The second-order valence-electron chi connectivity index (χ2n) is 4.49. The fraction of sp³-hybridized carbons (Fsp3) is 0.714. The average molecular weight is 254 g/mol. The lowest BCUT2D eigenvalue weighted by molar-refractivity contribution is -0.149. The molecular formula is C14H22O4. The quantitative estimate of drug-likeness (QED) is 0.558. The molecule has 0 aromatic heterocycles. The molecule has 0 aromatic carbocycles. The second-order valence-corrected chi connectivity index (χ2v) is 4.49. The van der Waals surface area contributed by atoms with Gasteiger partial charge in [0, 0.05) is 6.08 Å². The summed E-state index contributed by atoms with van der Waals surface area (Å²) in [5.74, 6) is -0.157. The molecule has 1 rings (SSSR count). The van der Waals surface area contributed by atoms with Crippen molar-refractivity contribution in [2.75, 3.05) is 13.2 Å². The van der Waals surface area contributed by atoms with Gasteiger partial charge in [-0.15, -0.1) is 0 Å². The Hall–Kier alpha value is -1.32. The summed E-state index contributed by atoms with van der Waals surface area (Å²) in [7, 11) is 0. The highest BCUT2D eigenvalue weighted by Gasteiger charge is 2.26. The first-order chi connectivity index (χ1) is 8.67. The van der Waals surface area contributed by atoms with Crippen LogP contribution in [0.3, 0.4) is 0 Å². The van der Waals surface area contributed by atoms with Gasteiger partial charge in [-0.1, -0.05) is 12.5 Å². The third-order valence-electron chi connectivity index (χ3n) is 3.13. The Balaban J connectivity index is 2.43. The highest BCUT2D eigenvalue weighted by Crippen LogP contribution is 2.30. The van der Waals surface area contributed by atoms with E-state index in [0.717, 1.165) is 25.7 Å². The van der Waals surface area contributed by atoms with E-state index in [2.05, 4.69) is 0 Å². The van der Waals surface area contributed by atoms with E-state index in [0.29, 0.717) is 13.2 Å². The van der Waals surface area contributed by atoms with Crippen LogP contribution >= 0.6 is 0 Å². The predicted molar refractivity (Wildman–Crippen MR) is 67.9 cm³/mol. The standard InChI is InChI=1S/C14H22O4/c1-3-17-13(15)9-8-11-6-5-7-12(10-11)14(16)18-4-2/h8-9,11-12H,3-7,10H2,1-2H3/b9-8-. The van der Waals surface area contributed by atoms with Crippen LogP contribution in [-0.4, -0.2) is 25.2 Å². The van der Waals surface area contributed by atoms with Crippen LogP contribution in [0.25, 0.3) is 0 Å². The SMILES string of the molecule is CCOC(=O)/C=C\C1CCCC(C(=O)OCC)C1. The van der Waals surface area contributed by atoms with E-state index in [1.54, 1.807) is 6.92 Å². The molecule has 1 aliphatic carbocycles. The lowest BCUT2D eigenvalue weighted by atomic mass is 9.81. The number of hydrogen-bond acceptors (Lipinski definition) is 4. The van der Waals surface area contributed by atoms with E-state index in [4.69, 9.17) is 9.47 Å². The van der Waals surface area contributed by atoms with Crippen LogP contribution in [0.15, 0.2) is 12.2 Å². The van der Waals surface area contributed by atoms with E-state index < -0.39 is 0 Å². The van der Waals surface area contributed by atoms with Gasteiger partial charge >= 0.3 is 11.9 Å². The third-order valence-corrected chi connectivity index (χ3v) is 3.13. The first-order valence-corrected chi connectivity index (χ1v) is 6.69. The zero-order valence-electron chi connectivity index (χ0n) is 11.2. The van der Waals surface area contributed by atoms with Crippen molar-refractivity contribution in [1.29, 1.82) is 0 Å². The molecule has 0 aliphatic heterocycles. The maximum atomic E-state index is 11.6. The first-order valence-electron chi connectivity index (χ1n) is 6.69. The Labute approximate surface area is 108 Å². The van der Waals surface area contributed by atoms with Crippen molar-refractivity contribution in [3.05, 3.63) is 12.2 Å². The fourth-order valence-electron chi connectivity index (χ4n) is 2.28. The predicted octanol–water partition coefficient (Wildman–Crippen LogP) is 2.48. The lowest BCUT2D eigenvalue weighted by Crippen LogP contribution is -2.24. The monoisotopic (exact) mass is 254 g/mol. The Kier molecular flexibility index (Phi) is 6.47. The van der Waals surface area contributed by atoms with Gasteiger partial charge in [-0.3, -0.25) is 4.79 Å². The Morgan fingerprint density at radius 1 is 1.17 bits per heavy atom. The molecule has 0 spiro atoms. The lowest BCUT2D eigenvalue weighted by Gasteiger charge is -2.25. The molecule has 0 amide bonds. The summed E-state index contributed by atoms with van der Waals surface area (Å²) in [6.45, 7) is 4.42. The van der Waals surface area contributed by atoms with Gasteiger partial charge in [0.25, 0.3) is 0 Å². The molecule has 0 aromatic rings. The van der Waals surface area contributed by atoms with Gasteiger partial charge in [0.05, 0.1) is 19.1 Å². The van der Waals surface area contributed by atoms with E-state index in [-0.39, 0.29) is 23.8 Å². The third kappa shape index (κ3) is 4.90. The van der Waals surface area contributed by atoms with Crippen LogP contribution in [0.4, 0.5) is 0 Å². The molecule has 0 saturated heterocycles. The molecule has 102 valence electrons. The highest BCUT2D eigenvalue weighted by atomic mass is 16.5. The van der Waals surface area contributed by atoms with E-state index in [9.17, 15) is 9.59 Å². The van der Waals surface area contributed by atoms with Crippen LogP contribution in [-0.2, 0) is 19.1 Å². The zero-order chi connectivity index (χ0) is 13.4. The van der Waals surface area contributed by atoms with E-state index in [1.165, 1.54) is 6.08 Å². The molecule has 1 fully saturated rings. The van der Waals surface area contributed by atoms with Crippen molar-refractivity contribution in [3.8, 4) is 0 Å². The maximum Gasteiger partial charge on any atom is 0.330 e. The van der Waals surface area contributed by atoms with Crippen molar-refractivity contribution in [2.24, 2.45) is 11.8 Å². The minimum Gasteiger partial charge on any atom is -0.466 e. The number of ether oxygens (including phenoxy) is 2. The summed E-state index contributed by atoms with van der Waals surface area (Å²) in [5.41, 5.74) is 0. The summed E-state index contributed by atoms with van der Waals surface area (Å²) >= 11 is 0. The van der Waals surface area contributed by atoms with Crippen molar-refractivity contribution in [3.63, 3.8) is 0 Å². The second kappa shape index (κ2) is 7.90. The minimum atomic E-state index is -0.309. The largest absolute Gasteiger partial charge is 0.466 e. The Bertz CT molecular complexity index is 309. The van der Waals surface area contributed by atoms with Crippen molar-refractivity contribution < 1.29 is 19.1 Å². The van der Waals surface area contributed by atoms with Gasteiger partial charge in [-0.2, -0.15) is 0 Å². The molecule has 1 saturated carbocycles. The molecule has 1 aliphatic rings. The van der Waals surface area contributed by atoms with Crippen LogP contribution in [0, 0.1) is 11.8 Å². The molecule has 0 bridgehead atoms. The summed E-state index contributed by atoms with van der Waals surface area (Å²) in [6.07, 6.45) is 7.02. The summed E-state index contributed by atoms with van der Waals surface area (Å²) in [6, 6.07) is 0. The number of carbonyl (C=O) groups is 2. The van der Waals surface area contributed by atoms with Gasteiger partial charge in [0.15, 0.2) is 0 Å². The van der Waals surface area contributed by atoms with Gasteiger partial charge in [-0.25, -0.2) is 4.79 Å². The number of rotatable bonds is 5. The van der Waals surface area contributed by atoms with Crippen molar-refractivity contribution in [2.45, 2.75) is 39.5 Å². The highest BCUT2D eigenvalue weighted by molar-refractivity contribution is 5.81. The number of carbonyl (C=O) groups excluding carboxylic acids is 2. The maximum absolute atomic E-state index is 11.6. The van der Waals surface area contributed by atoms with Crippen molar-refractivity contribution >= 4 is 11.9 Å². The van der Waals surface area contributed by atoms with Gasteiger partial charge in [0.1, 0.15) is 0 Å². The molecule has 18 heavy (non-hydrogen) atoms. The van der Waals surface area contributed by atoms with E-state index >= 15 is 0 Å². The fourth-order valence-corrected chi connectivity index (χ4v) is 2.28. The molecule has 4 nitrogen and oxygen atoms in total. The number of allylic oxidation sites excluding steroid dienone is 1. The topological polar surface area (TPSA) is 52.6 Å². The number of hydrogen-bond donors (Lipinski definition) is 0. The average Bonchev–Trinajstić information content (AvgIpc) is 2.37. The smallest absolute Gasteiger partial charge is 0.330 e. The molecule has 4 heteroatoms. The first kappa shape index (κ1) is 14.7. The summed E-state index contributed by atoms with van der Waals surface area (Å²) in [5, 5.41) is 0. The van der Waals surface area contributed by atoms with Crippen LogP contribution in [0.5, 0.6) is 0 Å². The Morgan fingerprint density at radius 2 is 1.89 bits per heavy atom. The molecule has 2 atom stereocenters. The normalized spacial score (nSPS) is 23.9. The molecule has 0 N–H and O–H groups in total. The summed E-state index contributed by atoms with van der Waals surface area (Å²) in [4.78, 5) is 22.8. The Morgan fingerprint density at radius 3 is 2.56 bits per heavy atom. The molecule has 2 unspecified atom stereocenters. The summed E-state index contributed by atoms with van der Waals surface area (Å²) < 4.78 is 9.87. The van der Waals surface area contributed by atoms with Crippen LogP contribution in [0.2, 0.25) is 0 Å². The minimum absolute atomic E-state index is 0.0180. The molecule has 0 radical (unpaired) electrons. The van der Waals surface area contributed by atoms with Crippen LogP contribution in [0.1, 0.15) is 39.5 Å².